The van der Waals surface area contributed by atoms with Crippen LogP contribution in [0.2, 0.25) is 0 Å². The summed E-state index contributed by atoms with van der Waals surface area (Å²) in [6.45, 7) is 3.86. The van der Waals surface area contributed by atoms with Gasteiger partial charge in [0.25, 0.3) is 5.91 Å². The van der Waals surface area contributed by atoms with Crippen molar-refractivity contribution in [1.29, 1.82) is 0 Å². The number of carboxylic acid groups (broad SMARTS) is 1. The summed E-state index contributed by atoms with van der Waals surface area (Å²) in [7, 11) is 1.55. The van der Waals surface area contributed by atoms with E-state index < -0.39 is 30.4 Å². The van der Waals surface area contributed by atoms with Gasteiger partial charge in [0.05, 0.1) is 18.6 Å². The van der Waals surface area contributed by atoms with Crippen LogP contribution in [0.25, 0.3) is 28.3 Å². The summed E-state index contributed by atoms with van der Waals surface area (Å²) in [5.41, 5.74) is 3.85. The Bertz CT molecular complexity index is 1240. The first kappa shape index (κ1) is 30.5. The van der Waals surface area contributed by atoms with Gasteiger partial charge in [0.2, 0.25) is 0 Å². The van der Waals surface area contributed by atoms with Crippen molar-refractivity contribution in [2.24, 2.45) is 0 Å². The van der Waals surface area contributed by atoms with Crippen molar-refractivity contribution in [3.63, 3.8) is 0 Å². The Labute approximate surface area is 237 Å². The molecule has 7 nitrogen and oxygen atoms in total. The summed E-state index contributed by atoms with van der Waals surface area (Å²) >= 11 is 0. The van der Waals surface area contributed by atoms with Gasteiger partial charge in [-0.15, -0.1) is 0 Å². The van der Waals surface area contributed by atoms with Gasteiger partial charge in [-0.2, -0.15) is 0 Å². The van der Waals surface area contributed by atoms with E-state index in [9.17, 15) is 24.2 Å². The molecule has 0 aliphatic rings. The van der Waals surface area contributed by atoms with Gasteiger partial charge in [0.1, 0.15) is 11.5 Å². The molecule has 0 aliphatic heterocycles. The molecule has 0 spiro atoms. The number of aliphatic carboxylic acids is 1. The van der Waals surface area contributed by atoms with Crippen LogP contribution in [0.5, 0.6) is 0 Å². The molecule has 0 saturated heterocycles. The first-order valence-electron chi connectivity index (χ1n) is 11.7. The molecule has 0 radical (unpaired) electrons. The number of aliphatic hydroxyl groups excluding tert-OH is 2. The first-order valence-corrected chi connectivity index (χ1v) is 11.7. The minimum atomic E-state index is -1.21. The standard InChI is InChI=1S/C28H31FN2O5.Na.H/c1-17(2)31-23(14-13-21(32)15-22(33)16-24(34)35)25(19-9-11-20(29)12-10-19)26(27(31)28(36)30-3)18-7-5-4-6-8-18;;/h4-14,17,21-22,32-33H,15-16H2,1-3H3,(H,30,36)(H,34,35);;/b14-13+;;/t21-,22-;;/m1../s1. The molecule has 0 saturated carbocycles. The van der Waals surface area contributed by atoms with Crippen molar-refractivity contribution < 1.29 is 29.3 Å². The van der Waals surface area contributed by atoms with E-state index >= 15 is 0 Å². The van der Waals surface area contributed by atoms with Crippen LogP contribution in [0.4, 0.5) is 4.39 Å². The van der Waals surface area contributed by atoms with Crippen LogP contribution in [0, 0.1) is 5.82 Å². The van der Waals surface area contributed by atoms with E-state index in [4.69, 9.17) is 5.11 Å². The predicted octanol–water partition coefficient (Wildman–Crippen LogP) is 3.85. The summed E-state index contributed by atoms with van der Waals surface area (Å²) in [6.07, 6.45) is 0.152. The molecule has 2 aromatic carbocycles. The van der Waals surface area contributed by atoms with Crippen LogP contribution < -0.4 is 5.32 Å². The molecule has 192 valence electrons. The Hall–Kier alpha value is -2.75. The number of amides is 1. The molecule has 1 heterocycles. The van der Waals surface area contributed by atoms with Gasteiger partial charge in [0, 0.05) is 36.3 Å². The van der Waals surface area contributed by atoms with Crippen LogP contribution in [-0.2, 0) is 4.79 Å². The molecule has 0 bridgehead atoms. The van der Waals surface area contributed by atoms with E-state index in [-0.39, 0.29) is 47.9 Å². The van der Waals surface area contributed by atoms with Crippen molar-refractivity contribution in [1.82, 2.24) is 9.88 Å². The number of hydrogen-bond acceptors (Lipinski definition) is 4. The third kappa shape index (κ3) is 7.40. The fourth-order valence-corrected chi connectivity index (χ4v) is 4.29. The number of carbonyl (C=O) groups excluding carboxylic acids is 1. The molecule has 3 rings (SSSR count). The zero-order valence-electron chi connectivity index (χ0n) is 20.5. The maximum absolute atomic E-state index is 13.8. The molecule has 4 N–H and O–H groups in total. The Morgan fingerprint density at radius 2 is 1.59 bits per heavy atom. The molecular weight excluding hydrogens is 486 g/mol. The van der Waals surface area contributed by atoms with Crippen molar-refractivity contribution >= 4 is 47.5 Å². The second-order valence-electron chi connectivity index (χ2n) is 8.81. The number of hydrogen-bond donors (Lipinski definition) is 4. The maximum atomic E-state index is 13.8. The minimum absolute atomic E-state index is 0. The van der Waals surface area contributed by atoms with Gasteiger partial charge in [-0.1, -0.05) is 48.5 Å². The number of nitrogens with zero attached hydrogens (tertiary/aromatic N) is 1. The molecule has 1 amide bonds. The van der Waals surface area contributed by atoms with E-state index in [1.807, 2.05) is 48.7 Å². The third-order valence-corrected chi connectivity index (χ3v) is 5.80. The SMILES string of the molecule is CNC(=O)c1c(-c2ccccc2)c(-c2ccc(F)cc2)c(/C=C/[C@@H](O)C[C@@H](O)CC(=O)O)n1C(C)C.[NaH]. The molecule has 0 fully saturated rings. The molecule has 9 heteroatoms. The van der Waals surface area contributed by atoms with Gasteiger partial charge >= 0.3 is 35.5 Å². The topological polar surface area (TPSA) is 112 Å². The summed E-state index contributed by atoms with van der Waals surface area (Å²) < 4.78 is 15.7. The number of nitrogens with one attached hydrogen (secondary N) is 1. The quantitative estimate of drug-likeness (QED) is 0.305. The number of carboxylic acids is 1. The van der Waals surface area contributed by atoms with Crippen LogP contribution in [0.1, 0.15) is 48.9 Å². The van der Waals surface area contributed by atoms with Crippen LogP contribution >= 0.6 is 0 Å². The zero-order chi connectivity index (χ0) is 26.4. The molecule has 0 unspecified atom stereocenters. The van der Waals surface area contributed by atoms with E-state index in [2.05, 4.69) is 5.32 Å². The van der Waals surface area contributed by atoms with E-state index in [0.717, 1.165) is 5.56 Å². The number of aliphatic hydroxyl groups is 2. The van der Waals surface area contributed by atoms with Crippen molar-refractivity contribution in [2.45, 2.75) is 44.9 Å². The molecule has 3 aromatic rings. The average molecular weight is 519 g/mol. The zero-order valence-corrected chi connectivity index (χ0v) is 20.5. The van der Waals surface area contributed by atoms with E-state index in [1.54, 1.807) is 25.3 Å². The number of carbonyl (C=O) groups is 2. The summed E-state index contributed by atoms with van der Waals surface area (Å²) in [5.74, 6) is -1.86. The number of benzene rings is 2. The van der Waals surface area contributed by atoms with Crippen LogP contribution in [0.15, 0.2) is 60.7 Å². The molecule has 1 aromatic heterocycles. The number of rotatable bonds is 10. The number of halogens is 1. The second-order valence-corrected chi connectivity index (χ2v) is 8.81. The van der Waals surface area contributed by atoms with Crippen molar-refractivity contribution in [3.8, 4) is 22.3 Å². The molecular formula is C28H32FN2NaO5. The summed E-state index contributed by atoms with van der Waals surface area (Å²) in [4.78, 5) is 24.1. The summed E-state index contributed by atoms with van der Waals surface area (Å²) in [5, 5.41) is 32.0. The van der Waals surface area contributed by atoms with Crippen molar-refractivity contribution in [3.05, 3.63) is 77.9 Å². The van der Waals surface area contributed by atoms with Gasteiger partial charge in [0.15, 0.2) is 0 Å². The summed E-state index contributed by atoms with van der Waals surface area (Å²) in [6, 6.07) is 15.2. The molecule has 2 atom stereocenters. The second kappa shape index (κ2) is 13.7. The van der Waals surface area contributed by atoms with Gasteiger partial charge in [-0.05, 0) is 43.2 Å². The Morgan fingerprint density at radius 3 is 2.14 bits per heavy atom. The van der Waals surface area contributed by atoms with E-state index in [1.165, 1.54) is 18.2 Å². The number of aromatic nitrogens is 1. The first-order chi connectivity index (χ1) is 17.1. The van der Waals surface area contributed by atoms with E-state index in [0.29, 0.717) is 28.1 Å². The predicted molar refractivity (Wildman–Crippen MR) is 144 cm³/mol. The fourth-order valence-electron chi connectivity index (χ4n) is 4.29. The normalized spacial score (nSPS) is 12.8. The Morgan fingerprint density at radius 1 is 1.00 bits per heavy atom. The monoisotopic (exact) mass is 518 g/mol. The molecule has 0 aliphatic carbocycles. The fraction of sp³-hybridized carbons (Fsp3) is 0.286. The Kier molecular flexibility index (Phi) is 11.3. The third-order valence-electron chi connectivity index (χ3n) is 5.80. The average Bonchev–Trinajstić information content (AvgIpc) is 3.18. The van der Waals surface area contributed by atoms with Gasteiger partial charge in [-0.3, -0.25) is 9.59 Å². The van der Waals surface area contributed by atoms with Crippen LogP contribution in [-0.4, -0.2) is 80.6 Å². The molecule has 37 heavy (non-hydrogen) atoms. The van der Waals surface area contributed by atoms with Gasteiger partial charge in [-0.25, -0.2) is 4.39 Å². The van der Waals surface area contributed by atoms with Crippen molar-refractivity contribution in [2.75, 3.05) is 7.05 Å². The van der Waals surface area contributed by atoms with Gasteiger partial charge < -0.3 is 25.2 Å². The Balaban J connectivity index is 0.00000481. The van der Waals surface area contributed by atoms with Crippen LogP contribution in [0.3, 0.4) is 0 Å².